The lowest BCUT2D eigenvalue weighted by Gasteiger charge is -2.09. The fourth-order valence-corrected chi connectivity index (χ4v) is 1.87. The number of Topliss-reactive ketones (excluding diaryl/α,β-unsaturated/α-hetero) is 1. The molecule has 0 aliphatic carbocycles. The van der Waals surface area contributed by atoms with Gasteiger partial charge in [-0.2, -0.15) is 0 Å². The van der Waals surface area contributed by atoms with E-state index >= 15 is 0 Å². The Balaban J connectivity index is 1.78. The lowest BCUT2D eigenvalue weighted by molar-refractivity contribution is -0.274. The largest absolute Gasteiger partial charge is 0.573 e. The molecular formula is C17H14F3NO4. The van der Waals surface area contributed by atoms with Crippen molar-refractivity contribution < 1.29 is 32.2 Å². The first-order valence-corrected chi connectivity index (χ1v) is 7.17. The van der Waals surface area contributed by atoms with E-state index in [9.17, 15) is 22.8 Å². The number of carbonyl (C=O) groups is 2. The maximum Gasteiger partial charge on any atom is 0.573 e. The number of amides is 1. The van der Waals surface area contributed by atoms with E-state index in [0.29, 0.717) is 0 Å². The summed E-state index contributed by atoms with van der Waals surface area (Å²) in [5.74, 6) is -0.908. The van der Waals surface area contributed by atoms with E-state index in [1.165, 1.54) is 12.1 Å². The molecule has 0 saturated carbocycles. The zero-order chi connectivity index (χ0) is 18.3. The van der Waals surface area contributed by atoms with E-state index in [-0.39, 0.29) is 18.7 Å². The first-order chi connectivity index (χ1) is 11.8. The van der Waals surface area contributed by atoms with Crippen LogP contribution in [0, 0.1) is 0 Å². The fourth-order valence-electron chi connectivity index (χ4n) is 1.87. The summed E-state index contributed by atoms with van der Waals surface area (Å²) in [6.07, 6.45) is -5.57. The molecule has 0 aromatic heterocycles. The molecule has 0 heterocycles. The quantitative estimate of drug-likeness (QED) is 0.805. The van der Waals surface area contributed by atoms with E-state index in [2.05, 4.69) is 10.1 Å². The molecule has 0 aliphatic rings. The minimum absolute atomic E-state index is 0.0599. The second-order valence-corrected chi connectivity index (χ2v) is 4.91. The van der Waals surface area contributed by atoms with E-state index in [4.69, 9.17) is 4.74 Å². The molecule has 2 aromatic rings. The Kier molecular flexibility index (Phi) is 5.99. The SMILES string of the molecule is O=C(NCC(=O)c1ccc(OC(F)(F)F)cc1)OCc1ccccc1. The summed E-state index contributed by atoms with van der Waals surface area (Å²) in [6, 6.07) is 13.4. The van der Waals surface area contributed by atoms with Crippen LogP contribution in [0.5, 0.6) is 5.75 Å². The molecule has 1 N–H and O–H groups in total. The van der Waals surface area contributed by atoms with Crippen molar-refractivity contribution in [3.63, 3.8) is 0 Å². The van der Waals surface area contributed by atoms with Gasteiger partial charge in [0, 0.05) is 5.56 Å². The maximum atomic E-state index is 12.1. The van der Waals surface area contributed by atoms with Gasteiger partial charge in [0.15, 0.2) is 5.78 Å². The molecule has 2 rings (SSSR count). The highest BCUT2D eigenvalue weighted by molar-refractivity contribution is 5.98. The molecule has 132 valence electrons. The molecule has 1 amide bonds. The molecule has 0 unspecified atom stereocenters. The topological polar surface area (TPSA) is 64.6 Å². The summed E-state index contributed by atoms with van der Waals surface area (Å²) in [5, 5.41) is 2.28. The third-order valence-electron chi connectivity index (χ3n) is 3.02. The molecule has 0 fully saturated rings. The van der Waals surface area contributed by atoms with Crippen molar-refractivity contribution in [2.45, 2.75) is 13.0 Å². The van der Waals surface area contributed by atoms with Crippen LogP contribution in [0.1, 0.15) is 15.9 Å². The number of rotatable bonds is 6. The minimum Gasteiger partial charge on any atom is -0.445 e. The summed E-state index contributed by atoms with van der Waals surface area (Å²) >= 11 is 0. The Labute approximate surface area is 141 Å². The van der Waals surface area contributed by atoms with Crippen LogP contribution in [-0.4, -0.2) is 24.8 Å². The highest BCUT2D eigenvalue weighted by Crippen LogP contribution is 2.22. The summed E-state index contributed by atoms with van der Waals surface area (Å²) in [7, 11) is 0. The van der Waals surface area contributed by atoms with Crippen LogP contribution >= 0.6 is 0 Å². The van der Waals surface area contributed by atoms with Gasteiger partial charge >= 0.3 is 12.5 Å². The Bertz CT molecular complexity index is 715. The standard InChI is InChI=1S/C17H14F3NO4/c18-17(19,20)25-14-8-6-13(7-9-14)15(22)10-21-16(23)24-11-12-4-2-1-3-5-12/h1-9H,10-11H2,(H,21,23). The van der Waals surface area contributed by atoms with Crippen molar-refractivity contribution in [2.75, 3.05) is 6.54 Å². The van der Waals surface area contributed by atoms with Gasteiger partial charge in [0.1, 0.15) is 12.4 Å². The average Bonchev–Trinajstić information content (AvgIpc) is 2.58. The number of alkyl halides is 3. The van der Waals surface area contributed by atoms with Gasteiger partial charge in [-0.3, -0.25) is 4.79 Å². The summed E-state index contributed by atoms with van der Waals surface area (Å²) in [4.78, 5) is 23.4. The van der Waals surface area contributed by atoms with Crippen LogP contribution in [0.2, 0.25) is 0 Å². The van der Waals surface area contributed by atoms with Gasteiger partial charge in [-0.25, -0.2) is 4.79 Å². The highest BCUT2D eigenvalue weighted by atomic mass is 19.4. The molecule has 0 aliphatic heterocycles. The Morgan fingerprint density at radius 3 is 2.20 bits per heavy atom. The molecule has 8 heteroatoms. The highest BCUT2D eigenvalue weighted by Gasteiger charge is 2.31. The molecule has 0 saturated heterocycles. The normalized spacial score (nSPS) is 10.8. The van der Waals surface area contributed by atoms with Crippen molar-refractivity contribution in [3.8, 4) is 5.75 Å². The average molecular weight is 353 g/mol. The Hall–Kier alpha value is -3.03. The lowest BCUT2D eigenvalue weighted by Crippen LogP contribution is -2.30. The number of halogens is 3. The number of carbonyl (C=O) groups excluding carboxylic acids is 2. The molecule has 0 radical (unpaired) electrons. The minimum atomic E-state index is -4.80. The number of ketones is 1. The van der Waals surface area contributed by atoms with Crippen molar-refractivity contribution in [1.82, 2.24) is 5.32 Å². The third-order valence-corrected chi connectivity index (χ3v) is 3.02. The third kappa shape index (κ3) is 6.54. The second-order valence-electron chi connectivity index (χ2n) is 4.91. The number of nitrogens with one attached hydrogen (secondary N) is 1. The van der Waals surface area contributed by atoms with Crippen molar-refractivity contribution in [3.05, 3.63) is 65.7 Å². The molecule has 5 nitrogen and oxygen atoms in total. The molecule has 2 aromatic carbocycles. The van der Waals surface area contributed by atoms with E-state index in [1.807, 2.05) is 6.07 Å². The van der Waals surface area contributed by atoms with Gasteiger partial charge in [0.25, 0.3) is 0 Å². The van der Waals surface area contributed by atoms with Gasteiger partial charge in [0.2, 0.25) is 0 Å². The number of benzene rings is 2. The molecular weight excluding hydrogens is 339 g/mol. The Morgan fingerprint density at radius 2 is 1.60 bits per heavy atom. The fraction of sp³-hybridized carbons (Fsp3) is 0.176. The lowest BCUT2D eigenvalue weighted by atomic mass is 10.1. The molecule has 0 atom stereocenters. The Morgan fingerprint density at radius 1 is 0.960 bits per heavy atom. The van der Waals surface area contributed by atoms with Gasteiger partial charge in [0.05, 0.1) is 6.54 Å². The monoisotopic (exact) mass is 353 g/mol. The van der Waals surface area contributed by atoms with E-state index < -0.39 is 24.0 Å². The van der Waals surface area contributed by atoms with Crippen LogP contribution in [0.3, 0.4) is 0 Å². The predicted octanol–water partition coefficient (Wildman–Crippen LogP) is 3.69. The molecule has 0 spiro atoms. The van der Waals surface area contributed by atoms with Gasteiger partial charge in [-0.05, 0) is 29.8 Å². The van der Waals surface area contributed by atoms with Crippen LogP contribution in [0.25, 0.3) is 0 Å². The smallest absolute Gasteiger partial charge is 0.445 e. The zero-order valence-corrected chi connectivity index (χ0v) is 12.9. The van der Waals surface area contributed by atoms with Gasteiger partial charge < -0.3 is 14.8 Å². The summed E-state index contributed by atoms with van der Waals surface area (Å²) in [6.45, 7) is -0.280. The first-order valence-electron chi connectivity index (χ1n) is 7.17. The van der Waals surface area contributed by atoms with Crippen molar-refractivity contribution in [2.24, 2.45) is 0 Å². The van der Waals surface area contributed by atoms with Crippen molar-refractivity contribution >= 4 is 11.9 Å². The molecule has 25 heavy (non-hydrogen) atoms. The predicted molar refractivity (Wildman–Crippen MR) is 82.1 cm³/mol. The number of ether oxygens (including phenoxy) is 2. The second kappa shape index (κ2) is 8.18. The number of hydrogen-bond donors (Lipinski definition) is 1. The molecule has 0 bridgehead atoms. The van der Waals surface area contributed by atoms with E-state index in [1.54, 1.807) is 24.3 Å². The summed E-state index contributed by atoms with van der Waals surface area (Å²) < 4.78 is 44.8. The maximum absolute atomic E-state index is 12.1. The van der Waals surface area contributed by atoms with Crippen LogP contribution in [0.4, 0.5) is 18.0 Å². The number of hydrogen-bond acceptors (Lipinski definition) is 4. The van der Waals surface area contributed by atoms with E-state index in [0.717, 1.165) is 17.7 Å². The van der Waals surface area contributed by atoms with Crippen LogP contribution < -0.4 is 10.1 Å². The van der Waals surface area contributed by atoms with Crippen LogP contribution in [0.15, 0.2) is 54.6 Å². The van der Waals surface area contributed by atoms with Gasteiger partial charge in [-0.15, -0.1) is 13.2 Å². The van der Waals surface area contributed by atoms with Crippen molar-refractivity contribution in [1.29, 1.82) is 0 Å². The summed E-state index contributed by atoms with van der Waals surface area (Å²) in [5.41, 5.74) is 0.933. The van der Waals surface area contributed by atoms with Crippen LogP contribution in [-0.2, 0) is 11.3 Å². The van der Waals surface area contributed by atoms with Gasteiger partial charge in [-0.1, -0.05) is 30.3 Å². The zero-order valence-electron chi connectivity index (χ0n) is 12.9. The first kappa shape index (κ1) is 18.3. The number of alkyl carbamates (subject to hydrolysis) is 1.